The van der Waals surface area contributed by atoms with Crippen LogP contribution < -0.4 is 10.1 Å². The van der Waals surface area contributed by atoms with Gasteiger partial charge in [0.2, 0.25) is 0 Å². The van der Waals surface area contributed by atoms with Gasteiger partial charge in [-0.1, -0.05) is 22.9 Å². The topological polar surface area (TPSA) is 50.7 Å². The van der Waals surface area contributed by atoms with Crippen LogP contribution >= 0.6 is 15.9 Å². The van der Waals surface area contributed by atoms with E-state index in [1.165, 1.54) is 0 Å². The molecule has 0 aromatic heterocycles. The number of aliphatic hydroxyl groups is 1. The first-order chi connectivity index (χ1) is 9.48. The van der Waals surface area contributed by atoms with Crippen LogP contribution in [-0.2, 0) is 11.3 Å². The van der Waals surface area contributed by atoms with E-state index in [1.54, 1.807) is 14.0 Å². The van der Waals surface area contributed by atoms with Gasteiger partial charge in [-0.2, -0.15) is 0 Å². The maximum Gasteiger partial charge on any atom is 0.119 e. The molecule has 1 unspecified atom stereocenters. The zero-order valence-electron chi connectivity index (χ0n) is 12.4. The van der Waals surface area contributed by atoms with Crippen LogP contribution in [0.2, 0.25) is 0 Å². The van der Waals surface area contributed by atoms with Crippen molar-refractivity contribution in [1.29, 1.82) is 0 Å². The van der Waals surface area contributed by atoms with Crippen LogP contribution in [0, 0.1) is 0 Å². The Labute approximate surface area is 129 Å². The lowest BCUT2D eigenvalue weighted by Gasteiger charge is -2.21. The maximum atomic E-state index is 9.95. The Morgan fingerprint density at radius 2 is 2.15 bits per heavy atom. The first-order valence-electron chi connectivity index (χ1n) is 6.82. The van der Waals surface area contributed by atoms with Gasteiger partial charge < -0.3 is 19.9 Å². The van der Waals surface area contributed by atoms with Crippen molar-refractivity contribution in [2.45, 2.75) is 32.4 Å². The van der Waals surface area contributed by atoms with Gasteiger partial charge >= 0.3 is 0 Å². The molecule has 2 N–H and O–H groups in total. The minimum atomic E-state index is -0.788. The molecule has 1 aromatic carbocycles. The molecule has 0 aliphatic carbocycles. The highest BCUT2D eigenvalue weighted by molar-refractivity contribution is 9.10. The van der Waals surface area contributed by atoms with E-state index < -0.39 is 5.60 Å². The molecule has 4 nitrogen and oxygen atoms in total. The van der Waals surface area contributed by atoms with Gasteiger partial charge in [0.05, 0.1) is 12.2 Å². The van der Waals surface area contributed by atoms with Crippen LogP contribution in [0.3, 0.4) is 0 Å². The van der Waals surface area contributed by atoms with Crippen molar-refractivity contribution in [3.8, 4) is 5.75 Å². The standard InChI is InChI=1S/C15H24BrNO3/c1-4-15(2,18)11-20-13-5-6-14(16)12(9-13)10-17-7-8-19-3/h5-6,9,17-18H,4,7-8,10-11H2,1-3H3. The van der Waals surface area contributed by atoms with E-state index in [-0.39, 0.29) is 0 Å². The number of nitrogens with one attached hydrogen (secondary N) is 1. The van der Waals surface area contributed by atoms with Crippen LogP contribution in [0.25, 0.3) is 0 Å². The fourth-order valence-corrected chi connectivity index (χ4v) is 1.90. The number of benzene rings is 1. The fourth-order valence-electron chi connectivity index (χ4n) is 1.51. The molecule has 0 fully saturated rings. The van der Waals surface area contributed by atoms with Crippen molar-refractivity contribution in [2.24, 2.45) is 0 Å². The normalized spacial score (nSPS) is 14.1. The number of hydrogen-bond acceptors (Lipinski definition) is 4. The molecule has 1 aromatic rings. The van der Waals surface area contributed by atoms with Crippen molar-refractivity contribution in [3.05, 3.63) is 28.2 Å². The number of halogens is 1. The van der Waals surface area contributed by atoms with Gasteiger partial charge in [-0.25, -0.2) is 0 Å². The van der Waals surface area contributed by atoms with E-state index in [9.17, 15) is 5.11 Å². The third-order valence-electron chi connectivity index (χ3n) is 3.13. The van der Waals surface area contributed by atoms with Crippen molar-refractivity contribution >= 4 is 15.9 Å². The largest absolute Gasteiger partial charge is 0.491 e. The number of rotatable bonds is 9. The van der Waals surface area contributed by atoms with Gasteiger partial charge in [-0.05, 0) is 37.1 Å². The lowest BCUT2D eigenvalue weighted by molar-refractivity contribution is 0.00844. The van der Waals surface area contributed by atoms with E-state index in [1.807, 2.05) is 25.1 Å². The average Bonchev–Trinajstić information content (AvgIpc) is 2.44. The molecule has 0 saturated carbocycles. The van der Waals surface area contributed by atoms with Crippen LogP contribution in [-0.4, -0.2) is 37.6 Å². The fraction of sp³-hybridized carbons (Fsp3) is 0.600. The molecule has 0 amide bonds. The SMILES string of the molecule is CCC(C)(O)COc1ccc(Br)c(CNCCOC)c1. The monoisotopic (exact) mass is 345 g/mol. The molecule has 114 valence electrons. The molecule has 0 bridgehead atoms. The minimum absolute atomic E-state index is 0.293. The summed E-state index contributed by atoms with van der Waals surface area (Å²) in [5, 5.41) is 13.2. The van der Waals surface area contributed by atoms with Crippen LogP contribution in [0.4, 0.5) is 0 Å². The van der Waals surface area contributed by atoms with Gasteiger partial charge in [0.1, 0.15) is 12.4 Å². The summed E-state index contributed by atoms with van der Waals surface area (Å²) in [6.07, 6.45) is 0.662. The second kappa shape index (κ2) is 8.62. The number of hydrogen-bond donors (Lipinski definition) is 2. The van der Waals surface area contributed by atoms with Gasteiger partial charge in [0.15, 0.2) is 0 Å². The van der Waals surface area contributed by atoms with E-state index >= 15 is 0 Å². The van der Waals surface area contributed by atoms with Crippen molar-refractivity contribution in [2.75, 3.05) is 26.9 Å². The first kappa shape index (κ1) is 17.4. The minimum Gasteiger partial charge on any atom is -0.491 e. The highest BCUT2D eigenvalue weighted by Gasteiger charge is 2.18. The Balaban J connectivity index is 2.57. The average molecular weight is 346 g/mol. The molecule has 1 rings (SSSR count). The molecular formula is C15H24BrNO3. The quantitative estimate of drug-likeness (QED) is 0.675. The van der Waals surface area contributed by atoms with Crippen molar-refractivity contribution in [1.82, 2.24) is 5.32 Å². The Morgan fingerprint density at radius 1 is 1.40 bits per heavy atom. The van der Waals surface area contributed by atoms with Gasteiger partial charge in [-0.15, -0.1) is 0 Å². The Morgan fingerprint density at radius 3 is 2.80 bits per heavy atom. The van der Waals surface area contributed by atoms with E-state index in [2.05, 4.69) is 21.2 Å². The summed E-state index contributed by atoms with van der Waals surface area (Å²) in [4.78, 5) is 0. The van der Waals surface area contributed by atoms with Crippen molar-refractivity contribution < 1.29 is 14.6 Å². The molecular weight excluding hydrogens is 322 g/mol. The highest BCUT2D eigenvalue weighted by Crippen LogP contribution is 2.23. The molecule has 0 spiro atoms. The predicted octanol–water partition coefficient (Wildman–Crippen LogP) is 2.72. The van der Waals surface area contributed by atoms with E-state index in [0.29, 0.717) is 19.6 Å². The second-order valence-corrected chi connectivity index (χ2v) is 5.92. The van der Waals surface area contributed by atoms with E-state index in [4.69, 9.17) is 9.47 Å². The molecule has 0 radical (unpaired) electrons. The number of methoxy groups -OCH3 is 1. The Hall–Kier alpha value is -0.620. The molecule has 0 saturated heterocycles. The summed E-state index contributed by atoms with van der Waals surface area (Å²) >= 11 is 3.53. The molecule has 5 heteroatoms. The first-order valence-corrected chi connectivity index (χ1v) is 7.61. The van der Waals surface area contributed by atoms with Gasteiger partial charge in [-0.3, -0.25) is 0 Å². The predicted molar refractivity (Wildman–Crippen MR) is 84.1 cm³/mol. The smallest absolute Gasteiger partial charge is 0.119 e. The lowest BCUT2D eigenvalue weighted by atomic mass is 10.1. The Kier molecular flexibility index (Phi) is 7.51. The summed E-state index contributed by atoms with van der Waals surface area (Å²) in [5.41, 5.74) is 0.332. The van der Waals surface area contributed by atoms with E-state index in [0.717, 1.165) is 28.9 Å². The zero-order chi connectivity index (χ0) is 15.0. The molecule has 0 aliphatic heterocycles. The number of ether oxygens (including phenoxy) is 2. The van der Waals surface area contributed by atoms with Crippen LogP contribution in [0.1, 0.15) is 25.8 Å². The summed E-state index contributed by atoms with van der Waals surface area (Å²) in [6.45, 7) is 6.24. The summed E-state index contributed by atoms with van der Waals surface area (Å²) in [5.74, 6) is 0.769. The third kappa shape index (κ3) is 6.22. The van der Waals surface area contributed by atoms with Gasteiger partial charge in [0.25, 0.3) is 0 Å². The molecule has 0 heterocycles. The molecule has 0 aliphatic rings. The summed E-state index contributed by atoms with van der Waals surface area (Å²) < 4.78 is 11.7. The summed E-state index contributed by atoms with van der Waals surface area (Å²) in [7, 11) is 1.69. The Bertz CT molecular complexity index is 410. The molecule has 1 atom stereocenters. The second-order valence-electron chi connectivity index (χ2n) is 5.06. The highest BCUT2D eigenvalue weighted by atomic mass is 79.9. The third-order valence-corrected chi connectivity index (χ3v) is 3.90. The molecule has 20 heavy (non-hydrogen) atoms. The maximum absolute atomic E-state index is 9.95. The van der Waals surface area contributed by atoms with Crippen LogP contribution in [0.15, 0.2) is 22.7 Å². The van der Waals surface area contributed by atoms with Gasteiger partial charge in [0, 0.05) is 24.7 Å². The lowest BCUT2D eigenvalue weighted by Crippen LogP contribution is -2.31. The summed E-state index contributed by atoms with van der Waals surface area (Å²) in [6, 6.07) is 5.84. The van der Waals surface area contributed by atoms with Crippen molar-refractivity contribution in [3.63, 3.8) is 0 Å². The zero-order valence-corrected chi connectivity index (χ0v) is 14.0. The van der Waals surface area contributed by atoms with Crippen LogP contribution in [0.5, 0.6) is 5.75 Å².